The second-order valence-corrected chi connectivity index (χ2v) is 7.14. The Balaban J connectivity index is 2.58. The molecule has 1 heterocycles. The molecule has 0 aliphatic carbocycles. The minimum atomic E-state index is -0.550. The summed E-state index contributed by atoms with van der Waals surface area (Å²) in [6, 6.07) is 7.29. The van der Waals surface area contributed by atoms with Gasteiger partial charge >= 0.3 is 5.97 Å². The van der Waals surface area contributed by atoms with E-state index in [-0.39, 0.29) is 24.6 Å². The van der Waals surface area contributed by atoms with Crippen LogP contribution in [0.1, 0.15) is 26.3 Å². The molecule has 29 heavy (non-hydrogen) atoms. The minimum Gasteiger partial charge on any atom is -0.497 e. The van der Waals surface area contributed by atoms with E-state index in [1.807, 2.05) is 32.0 Å². The van der Waals surface area contributed by atoms with Crippen molar-refractivity contribution in [2.75, 3.05) is 26.8 Å². The second-order valence-electron chi connectivity index (χ2n) is 6.08. The van der Waals surface area contributed by atoms with Crippen LogP contribution in [0.5, 0.6) is 5.75 Å². The maximum Gasteiger partial charge on any atom is 0.333 e. The average Bonchev–Trinajstić information content (AvgIpc) is 2.98. The summed E-state index contributed by atoms with van der Waals surface area (Å²) in [5, 5.41) is 0. The summed E-state index contributed by atoms with van der Waals surface area (Å²) >= 11 is 1.14. The molecular formula is C21H26N2O5S. The number of methoxy groups -OCH3 is 1. The lowest BCUT2D eigenvalue weighted by atomic mass is 10.2. The van der Waals surface area contributed by atoms with Crippen molar-refractivity contribution in [3.05, 3.63) is 49.4 Å². The van der Waals surface area contributed by atoms with E-state index in [1.165, 1.54) is 10.6 Å². The molecule has 1 aromatic heterocycles. The molecule has 1 aromatic carbocycles. The predicted octanol–water partition coefficient (Wildman–Crippen LogP) is 0.959. The molecule has 0 radical (unpaired) electrons. The van der Waals surface area contributed by atoms with Gasteiger partial charge in [-0.25, -0.2) is 4.79 Å². The molecule has 0 saturated heterocycles. The van der Waals surface area contributed by atoms with Crippen molar-refractivity contribution in [3.8, 4) is 5.75 Å². The van der Waals surface area contributed by atoms with Gasteiger partial charge < -0.3 is 14.4 Å². The topological polar surface area (TPSA) is 77.8 Å². The number of likely N-dealkylation sites (N-methyl/N-ethyl adjacent to an activating group) is 1. The molecule has 1 amide bonds. The highest BCUT2D eigenvalue weighted by Crippen LogP contribution is 2.12. The largest absolute Gasteiger partial charge is 0.497 e. The number of esters is 1. The van der Waals surface area contributed by atoms with Gasteiger partial charge in [0.05, 0.1) is 24.3 Å². The SMILES string of the molecule is CCOC(=O)/C=c1\s/c(=C\c2cccc(OC)c2)c(=O)n1CC(=O)N(CC)CC. The Morgan fingerprint density at radius 3 is 2.55 bits per heavy atom. The fourth-order valence-corrected chi connectivity index (χ4v) is 3.80. The van der Waals surface area contributed by atoms with Crippen LogP contribution in [-0.2, 0) is 20.9 Å². The quantitative estimate of drug-likeness (QED) is 0.597. The van der Waals surface area contributed by atoms with E-state index >= 15 is 0 Å². The van der Waals surface area contributed by atoms with Crippen molar-refractivity contribution in [2.24, 2.45) is 0 Å². The van der Waals surface area contributed by atoms with Crippen LogP contribution < -0.4 is 19.5 Å². The number of carbonyl (C=O) groups is 2. The number of amides is 1. The van der Waals surface area contributed by atoms with E-state index in [4.69, 9.17) is 9.47 Å². The first-order chi connectivity index (χ1) is 13.9. The Hall–Kier alpha value is -2.87. The summed E-state index contributed by atoms with van der Waals surface area (Å²) in [5.41, 5.74) is 0.460. The van der Waals surface area contributed by atoms with Crippen LogP contribution >= 0.6 is 11.3 Å². The van der Waals surface area contributed by atoms with E-state index in [1.54, 1.807) is 31.1 Å². The van der Waals surface area contributed by atoms with Crippen molar-refractivity contribution in [1.82, 2.24) is 9.47 Å². The lowest BCUT2D eigenvalue weighted by Gasteiger charge is -2.18. The van der Waals surface area contributed by atoms with Gasteiger partial charge in [0.2, 0.25) is 5.91 Å². The second kappa shape index (κ2) is 10.6. The van der Waals surface area contributed by atoms with Crippen LogP contribution in [-0.4, -0.2) is 48.1 Å². The molecule has 0 fully saturated rings. The van der Waals surface area contributed by atoms with Crippen molar-refractivity contribution < 1.29 is 19.1 Å². The number of benzene rings is 1. The van der Waals surface area contributed by atoms with Crippen LogP contribution in [0.15, 0.2) is 29.1 Å². The first-order valence-corrected chi connectivity index (χ1v) is 10.3. The Bertz CT molecular complexity index is 1030. The highest BCUT2D eigenvalue weighted by Gasteiger charge is 2.14. The standard InChI is InChI=1S/C21H26N2O5S/c1-5-22(6-2)18(24)14-23-19(13-20(25)28-7-3)29-17(21(23)26)12-15-9-8-10-16(11-15)27-4/h8-13H,5-7,14H2,1-4H3/b17-12-,19-13-. The predicted molar refractivity (Wildman–Crippen MR) is 113 cm³/mol. The number of carbonyl (C=O) groups excluding carboxylic acids is 2. The fraction of sp³-hybridized carbons (Fsp3) is 0.381. The first kappa shape index (κ1) is 22.4. The van der Waals surface area contributed by atoms with Crippen LogP contribution in [0.2, 0.25) is 0 Å². The smallest absolute Gasteiger partial charge is 0.333 e. The normalized spacial score (nSPS) is 12.1. The maximum atomic E-state index is 13.0. The Morgan fingerprint density at radius 2 is 1.93 bits per heavy atom. The molecule has 2 rings (SSSR count). The molecule has 7 nitrogen and oxygen atoms in total. The molecular weight excluding hydrogens is 392 g/mol. The number of thiazole rings is 1. The molecule has 2 aromatic rings. The van der Waals surface area contributed by atoms with Gasteiger partial charge in [0.25, 0.3) is 5.56 Å². The Kier molecular flexibility index (Phi) is 8.21. The van der Waals surface area contributed by atoms with Crippen molar-refractivity contribution in [3.63, 3.8) is 0 Å². The van der Waals surface area contributed by atoms with E-state index in [0.717, 1.165) is 16.9 Å². The van der Waals surface area contributed by atoms with Crippen molar-refractivity contribution >= 4 is 35.4 Å². The third-order valence-electron chi connectivity index (χ3n) is 4.27. The number of hydrogen-bond acceptors (Lipinski definition) is 6. The summed E-state index contributed by atoms with van der Waals surface area (Å²) < 4.78 is 12.3. The molecule has 8 heteroatoms. The molecule has 0 saturated carbocycles. The summed E-state index contributed by atoms with van der Waals surface area (Å²) in [6.45, 7) is 6.66. The molecule has 0 unspecified atom stereocenters. The summed E-state index contributed by atoms with van der Waals surface area (Å²) in [6.07, 6.45) is 2.98. The van der Waals surface area contributed by atoms with Crippen molar-refractivity contribution in [1.29, 1.82) is 0 Å². The van der Waals surface area contributed by atoms with E-state index in [2.05, 4.69) is 0 Å². The number of rotatable bonds is 8. The highest BCUT2D eigenvalue weighted by molar-refractivity contribution is 7.07. The number of ether oxygens (including phenoxy) is 2. The van der Waals surface area contributed by atoms with Gasteiger partial charge in [-0.3, -0.25) is 14.2 Å². The summed E-state index contributed by atoms with van der Waals surface area (Å²) in [4.78, 5) is 39.1. The zero-order chi connectivity index (χ0) is 21.4. The average molecular weight is 419 g/mol. The fourth-order valence-electron chi connectivity index (χ4n) is 2.77. The van der Waals surface area contributed by atoms with Gasteiger partial charge in [-0.05, 0) is 44.5 Å². The monoisotopic (exact) mass is 418 g/mol. The van der Waals surface area contributed by atoms with Gasteiger partial charge in [0.15, 0.2) is 0 Å². The molecule has 0 atom stereocenters. The Morgan fingerprint density at radius 1 is 1.21 bits per heavy atom. The van der Waals surface area contributed by atoms with E-state index < -0.39 is 5.97 Å². The number of aromatic nitrogens is 1. The number of nitrogens with zero attached hydrogens (tertiary/aromatic N) is 2. The summed E-state index contributed by atoms with van der Waals surface area (Å²) in [5.74, 6) is -0.0577. The third-order valence-corrected chi connectivity index (χ3v) is 5.33. The van der Waals surface area contributed by atoms with Gasteiger partial charge in [0, 0.05) is 13.1 Å². The third kappa shape index (κ3) is 5.80. The zero-order valence-electron chi connectivity index (χ0n) is 17.1. The van der Waals surface area contributed by atoms with Gasteiger partial charge in [-0.15, -0.1) is 11.3 Å². The molecule has 0 N–H and O–H groups in total. The maximum absolute atomic E-state index is 13.0. The molecule has 0 aliphatic rings. The molecule has 0 spiro atoms. The molecule has 0 aliphatic heterocycles. The minimum absolute atomic E-state index is 0.131. The van der Waals surface area contributed by atoms with E-state index in [0.29, 0.717) is 28.0 Å². The van der Waals surface area contributed by atoms with Crippen LogP contribution in [0.3, 0.4) is 0 Å². The summed E-state index contributed by atoms with van der Waals surface area (Å²) in [7, 11) is 1.57. The lowest BCUT2D eigenvalue weighted by Crippen LogP contribution is -2.40. The lowest BCUT2D eigenvalue weighted by molar-refractivity contribution is -0.135. The van der Waals surface area contributed by atoms with Gasteiger partial charge in [-0.2, -0.15) is 0 Å². The van der Waals surface area contributed by atoms with Crippen molar-refractivity contribution in [2.45, 2.75) is 27.3 Å². The molecule has 156 valence electrons. The van der Waals surface area contributed by atoms with Crippen LogP contribution in [0.25, 0.3) is 12.2 Å². The first-order valence-electron chi connectivity index (χ1n) is 9.45. The Labute approximate surface area is 173 Å². The zero-order valence-corrected chi connectivity index (χ0v) is 18.0. The highest BCUT2D eigenvalue weighted by atomic mass is 32.1. The molecule has 0 bridgehead atoms. The number of hydrogen-bond donors (Lipinski definition) is 0. The van der Waals surface area contributed by atoms with Gasteiger partial charge in [0.1, 0.15) is 17.0 Å². The van der Waals surface area contributed by atoms with E-state index in [9.17, 15) is 14.4 Å². The van der Waals surface area contributed by atoms with Crippen LogP contribution in [0, 0.1) is 0 Å². The van der Waals surface area contributed by atoms with Gasteiger partial charge in [-0.1, -0.05) is 12.1 Å². The van der Waals surface area contributed by atoms with Crippen LogP contribution in [0.4, 0.5) is 0 Å².